The highest BCUT2D eigenvalue weighted by molar-refractivity contribution is 7.47. The molecule has 1 N–H and O–H groups in total. The Morgan fingerprint density at radius 3 is 1.81 bits per heavy atom. The number of hydrogen-bond acceptors (Lipinski definition) is 3. The molecule has 1 atom stereocenters. The monoisotopic (exact) mass is 446 g/mol. The largest absolute Gasteiger partial charge is 0.473 e. The average molecular weight is 447 g/mol. The second kappa shape index (κ2) is 11.4. The van der Waals surface area contributed by atoms with E-state index in [-0.39, 0.29) is 18.4 Å². The maximum Gasteiger partial charge on any atom is 0.473 e. The highest BCUT2D eigenvalue weighted by Crippen LogP contribution is 2.54. The first-order valence-corrected chi connectivity index (χ1v) is 13.0. The van der Waals surface area contributed by atoms with Crippen molar-refractivity contribution < 1.29 is 18.5 Å². The molecule has 0 radical (unpaired) electrons. The Balaban J connectivity index is 2.52. The molecule has 0 aliphatic rings. The molecule has 0 saturated heterocycles. The molecular weight excluding hydrogens is 407 g/mol. The molecule has 0 bridgehead atoms. The lowest BCUT2D eigenvalue weighted by atomic mass is 9.79. The van der Waals surface area contributed by atoms with E-state index in [0.29, 0.717) is 0 Å². The van der Waals surface area contributed by atoms with Crippen molar-refractivity contribution in [3.63, 3.8) is 0 Å². The summed E-state index contributed by atoms with van der Waals surface area (Å²) in [6.07, 6.45) is 3.90. The van der Waals surface area contributed by atoms with Gasteiger partial charge in [0, 0.05) is 0 Å². The van der Waals surface area contributed by atoms with Gasteiger partial charge in [0.1, 0.15) is 5.60 Å². The van der Waals surface area contributed by atoms with E-state index in [4.69, 9.17) is 9.05 Å². The summed E-state index contributed by atoms with van der Waals surface area (Å²) >= 11 is 0. The first-order valence-electron chi connectivity index (χ1n) is 11.5. The van der Waals surface area contributed by atoms with E-state index in [0.717, 1.165) is 47.9 Å². The maximum absolute atomic E-state index is 13.1. The minimum Gasteiger partial charge on any atom is -0.302 e. The van der Waals surface area contributed by atoms with Crippen molar-refractivity contribution in [3.8, 4) is 0 Å². The van der Waals surface area contributed by atoms with E-state index in [2.05, 4.69) is 46.8 Å². The minimum atomic E-state index is -4.29. The number of phosphoric ester groups is 1. The quantitative estimate of drug-likeness (QED) is 0.266. The van der Waals surface area contributed by atoms with Gasteiger partial charge in [0.05, 0.1) is 6.61 Å². The fourth-order valence-corrected chi connectivity index (χ4v) is 5.15. The van der Waals surface area contributed by atoms with Crippen molar-refractivity contribution in [3.05, 3.63) is 70.8 Å². The Kier molecular flexibility index (Phi) is 9.51. The van der Waals surface area contributed by atoms with Crippen LogP contribution in [-0.2, 0) is 19.2 Å². The van der Waals surface area contributed by atoms with Gasteiger partial charge in [-0.1, -0.05) is 102 Å². The molecule has 4 nitrogen and oxygen atoms in total. The van der Waals surface area contributed by atoms with Crippen LogP contribution in [0.5, 0.6) is 0 Å². The fraction of sp³-hybridized carbons (Fsp3) is 0.538. The highest BCUT2D eigenvalue weighted by Gasteiger charge is 2.41. The van der Waals surface area contributed by atoms with E-state index >= 15 is 0 Å². The van der Waals surface area contributed by atoms with Crippen LogP contribution < -0.4 is 0 Å². The van der Waals surface area contributed by atoms with Gasteiger partial charge in [-0.25, -0.2) is 4.57 Å². The lowest BCUT2D eigenvalue weighted by molar-refractivity contribution is 0.0592. The lowest BCUT2D eigenvalue weighted by Crippen LogP contribution is -2.30. The van der Waals surface area contributed by atoms with Gasteiger partial charge in [0.25, 0.3) is 0 Å². The summed E-state index contributed by atoms with van der Waals surface area (Å²) in [7, 11) is -4.29. The predicted octanol–water partition coefficient (Wildman–Crippen LogP) is 7.91. The molecule has 2 aromatic rings. The smallest absolute Gasteiger partial charge is 0.302 e. The number of benzene rings is 2. The molecule has 0 spiro atoms. The van der Waals surface area contributed by atoms with E-state index < -0.39 is 13.4 Å². The van der Waals surface area contributed by atoms with Crippen molar-refractivity contribution in [2.75, 3.05) is 6.61 Å². The van der Waals surface area contributed by atoms with Gasteiger partial charge in [-0.15, -0.1) is 0 Å². The van der Waals surface area contributed by atoms with Crippen LogP contribution in [0.4, 0.5) is 0 Å². The molecule has 2 rings (SSSR count). The highest BCUT2D eigenvalue weighted by atomic mass is 31.2. The van der Waals surface area contributed by atoms with Crippen LogP contribution in [0.2, 0.25) is 0 Å². The minimum absolute atomic E-state index is 0.210. The Morgan fingerprint density at radius 2 is 1.35 bits per heavy atom. The van der Waals surface area contributed by atoms with Gasteiger partial charge in [-0.05, 0) is 47.4 Å². The zero-order chi connectivity index (χ0) is 23.1. The van der Waals surface area contributed by atoms with Gasteiger partial charge >= 0.3 is 7.82 Å². The summed E-state index contributed by atoms with van der Waals surface area (Å²) in [5.74, 6) is 0.469. The Labute approximate surface area is 188 Å². The summed E-state index contributed by atoms with van der Waals surface area (Å²) in [4.78, 5) is 10.7. The van der Waals surface area contributed by atoms with Crippen LogP contribution in [0.25, 0.3) is 0 Å². The van der Waals surface area contributed by atoms with Gasteiger partial charge in [0.2, 0.25) is 0 Å². The summed E-state index contributed by atoms with van der Waals surface area (Å²) in [5, 5.41) is 0. The molecule has 0 aromatic heterocycles. The Bertz CT molecular complexity index is 824. The van der Waals surface area contributed by atoms with E-state index in [1.54, 1.807) is 0 Å². The molecule has 0 saturated carbocycles. The van der Waals surface area contributed by atoms with Crippen molar-refractivity contribution in [2.45, 2.75) is 84.7 Å². The normalized spacial score (nSPS) is 14.2. The Hall–Kier alpha value is -1.45. The van der Waals surface area contributed by atoms with Crippen molar-refractivity contribution in [1.29, 1.82) is 0 Å². The molecule has 0 fully saturated rings. The maximum atomic E-state index is 13.1. The number of unbranched alkanes of at least 4 members (excludes halogenated alkanes) is 3. The third-order valence-corrected chi connectivity index (χ3v) is 6.85. The molecule has 0 aliphatic heterocycles. The van der Waals surface area contributed by atoms with Crippen molar-refractivity contribution >= 4 is 7.82 Å². The van der Waals surface area contributed by atoms with Crippen LogP contribution in [0.1, 0.15) is 101 Å². The summed E-state index contributed by atoms with van der Waals surface area (Å²) < 4.78 is 24.6. The molecule has 2 aromatic carbocycles. The predicted molar refractivity (Wildman–Crippen MR) is 129 cm³/mol. The van der Waals surface area contributed by atoms with Crippen LogP contribution in [0, 0.1) is 0 Å². The van der Waals surface area contributed by atoms with Crippen LogP contribution >= 0.6 is 7.82 Å². The summed E-state index contributed by atoms with van der Waals surface area (Å²) in [5.41, 5.74) is 2.83. The summed E-state index contributed by atoms with van der Waals surface area (Å²) in [6.45, 7) is 12.7. The van der Waals surface area contributed by atoms with Gasteiger partial charge in [0.15, 0.2) is 0 Å². The van der Waals surface area contributed by atoms with Gasteiger partial charge in [-0.2, -0.15) is 0 Å². The van der Waals surface area contributed by atoms with Gasteiger partial charge < -0.3 is 4.89 Å². The van der Waals surface area contributed by atoms with Crippen molar-refractivity contribution in [2.24, 2.45) is 0 Å². The molecule has 0 amide bonds. The number of phosphoric acid groups is 1. The Morgan fingerprint density at radius 1 is 0.871 bits per heavy atom. The number of hydrogen-bond donors (Lipinski definition) is 1. The third-order valence-electron chi connectivity index (χ3n) is 5.74. The fourth-order valence-electron chi connectivity index (χ4n) is 4.08. The van der Waals surface area contributed by atoms with E-state index in [1.165, 1.54) is 0 Å². The topological polar surface area (TPSA) is 55.8 Å². The first kappa shape index (κ1) is 25.8. The van der Waals surface area contributed by atoms with E-state index in [9.17, 15) is 9.46 Å². The molecule has 5 heteroatoms. The molecule has 172 valence electrons. The zero-order valence-corrected chi connectivity index (χ0v) is 20.8. The summed E-state index contributed by atoms with van der Waals surface area (Å²) in [6, 6.07) is 16.0. The molecular formula is C26H39O4P. The molecule has 1 unspecified atom stereocenters. The third kappa shape index (κ3) is 6.76. The van der Waals surface area contributed by atoms with Crippen LogP contribution in [0.3, 0.4) is 0 Å². The first-order chi connectivity index (χ1) is 14.6. The second-order valence-corrected chi connectivity index (χ2v) is 10.3. The van der Waals surface area contributed by atoms with Gasteiger partial charge in [-0.3, -0.25) is 9.05 Å². The molecule has 31 heavy (non-hydrogen) atoms. The average Bonchev–Trinajstić information content (AvgIpc) is 2.73. The lowest BCUT2D eigenvalue weighted by Gasteiger charge is -2.36. The zero-order valence-electron chi connectivity index (χ0n) is 19.9. The van der Waals surface area contributed by atoms with Crippen LogP contribution in [0.15, 0.2) is 48.5 Å². The van der Waals surface area contributed by atoms with E-state index in [1.807, 2.05) is 43.3 Å². The van der Waals surface area contributed by atoms with Crippen molar-refractivity contribution in [1.82, 2.24) is 0 Å². The van der Waals surface area contributed by atoms with Crippen LogP contribution in [-0.4, -0.2) is 11.5 Å². The molecule has 0 aliphatic carbocycles. The molecule has 0 heterocycles. The number of rotatable bonds is 12. The second-order valence-electron chi connectivity index (χ2n) is 8.97. The SMILES string of the molecule is CCCCCCOP(=O)(O)OC(C)(c1ccccc1C(C)C)c1ccccc1C(C)C. The standard InChI is InChI=1S/C26H39O4P/c1-7-8-9-14-19-29-31(27,28)30-26(6,24-17-12-10-15-22(24)20(2)3)25-18-13-11-16-23(25)21(4)5/h10-13,15-18,20-21H,7-9,14,19H2,1-6H3,(H,27,28).